The lowest BCUT2D eigenvalue weighted by Gasteiger charge is -2.32. The molecule has 2 N–H and O–H groups in total. The molecule has 0 aromatic carbocycles. The molecule has 130 valence electrons. The second-order valence-electron chi connectivity index (χ2n) is 7.25. The zero-order valence-electron chi connectivity index (χ0n) is 14.5. The third kappa shape index (κ3) is 4.15. The van der Waals surface area contributed by atoms with Crippen molar-refractivity contribution in [3.8, 4) is 0 Å². The van der Waals surface area contributed by atoms with E-state index in [0.717, 1.165) is 43.0 Å². The van der Waals surface area contributed by atoms with Crippen LogP contribution < -0.4 is 10.2 Å². The van der Waals surface area contributed by atoms with Crippen LogP contribution in [0.25, 0.3) is 11.2 Å². The second kappa shape index (κ2) is 6.67. The standard InChI is InChI=1S/C17H25N5O2/c1-17(2,3)24-16(23)19-11-12-6-9-22(10-7-12)15-20-13-5-4-8-18-14(13)21-15/h4-5,8,12H,6-7,9-11H2,1-3H3,(H,19,23)(H,18,20,21). The first kappa shape index (κ1) is 16.5. The molecule has 0 bridgehead atoms. The Labute approximate surface area is 141 Å². The summed E-state index contributed by atoms with van der Waals surface area (Å²) in [5.74, 6) is 1.35. The van der Waals surface area contributed by atoms with Crippen molar-refractivity contribution < 1.29 is 9.53 Å². The number of rotatable bonds is 3. The molecule has 0 unspecified atom stereocenters. The minimum absolute atomic E-state index is 0.340. The number of nitrogens with zero attached hydrogens (tertiary/aromatic N) is 3. The van der Waals surface area contributed by atoms with Crippen LogP contribution in [0.1, 0.15) is 33.6 Å². The Bertz CT molecular complexity index is 665. The number of aromatic nitrogens is 3. The van der Waals surface area contributed by atoms with Crippen LogP contribution in [0, 0.1) is 5.92 Å². The van der Waals surface area contributed by atoms with E-state index in [1.807, 2.05) is 32.9 Å². The number of nitrogens with one attached hydrogen (secondary N) is 2. The third-order valence-electron chi connectivity index (χ3n) is 4.09. The number of carbonyl (C=O) groups excluding carboxylic acids is 1. The zero-order valence-corrected chi connectivity index (χ0v) is 14.5. The van der Waals surface area contributed by atoms with Crippen molar-refractivity contribution in [1.29, 1.82) is 0 Å². The topological polar surface area (TPSA) is 83.1 Å². The highest BCUT2D eigenvalue weighted by atomic mass is 16.6. The van der Waals surface area contributed by atoms with Gasteiger partial charge in [0.25, 0.3) is 0 Å². The van der Waals surface area contributed by atoms with Crippen molar-refractivity contribution in [2.45, 2.75) is 39.2 Å². The van der Waals surface area contributed by atoms with E-state index in [-0.39, 0.29) is 6.09 Å². The average molecular weight is 331 g/mol. The molecule has 3 rings (SSSR count). The first-order chi connectivity index (χ1) is 11.4. The largest absolute Gasteiger partial charge is 0.444 e. The fraction of sp³-hybridized carbons (Fsp3) is 0.588. The number of carbonyl (C=O) groups is 1. The van der Waals surface area contributed by atoms with E-state index in [4.69, 9.17) is 4.74 Å². The number of fused-ring (bicyclic) bond motifs is 1. The van der Waals surface area contributed by atoms with Crippen LogP contribution in [0.3, 0.4) is 0 Å². The summed E-state index contributed by atoms with van der Waals surface area (Å²) in [7, 11) is 0. The van der Waals surface area contributed by atoms with Gasteiger partial charge in [-0.1, -0.05) is 0 Å². The molecular formula is C17H25N5O2. The van der Waals surface area contributed by atoms with E-state index in [0.29, 0.717) is 12.5 Å². The molecule has 1 aliphatic heterocycles. The summed E-state index contributed by atoms with van der Waals surface area (Å²) >= 11 is 0. The molecule has 1 aliphatic rings. The van der Waals surface area contributed by atoms with Gasteiger partial charge >= 0.3 is 6.09 Å². The maximum atomic E-state index is 11.7. The minimum atomic E-state index is -0.456. The number of aromatic amines is 1. The van der Waals surface area contributed by atoms with E-state index < -0.39 is 5.60 Å². The van der Waals surface area contributed by atoms with E-state index in [9.17, 15) is 4.79 Å². The Kier molecular flexibility index (Phi) is 4.59. The number of ether oxygens (including phenoxy) is 1. The lowest BCUT2D eigenvalue weighted by Crippen LogP contribution is -2.40. The van der Waals surface area contributed by atoms with E-state index in [1.54, 1.807) is 6.20 Å². The summed E-state index contributed by atoms with van der Waals surface area (Å²) in [6.07, 6.45) is 3.44. The average Bonchev–Trinajstić information content (AvgIpc) is 2.96. The van der Waals surface area contributed by atoms with Gasteiger partial charge in [0.05, 0.1) is 5.52 Å². The quantitative estimate of drug-likeness (QED) is 0.903. The molecule has 3 heterocycles. The lowest BCUT2D eigenvalue weighted by molar-refractivity contribution is 0.0517. The lowest BCUT2D eigenvalue weighted by atomic mass is 9.97. The summed E-state index contributed by atoms with van der Waals surface area (Å²) in [6, 6.07) is 3.88. The van der Waals surface area contributed by atoms with Crippen LogP contribution in [0.15, 0.2) is 18.3 Å². The predicted octanol–water partition coefficient (Wildman–Crippen LogP) is 2.70. The van der Waals surface area contributed by atoms with E-state index in [1.165, 1.54) is 0 Å². The number of hydrogen-bond acceptors (Lipinski definition) is 5. The molecule has 0 atom stereocenters. The maximum Gasteiger partial charge on any atom is 0.407 e. The Morgan fingerprint density at radius 1 is 1.42 bits per heavy atom. The molecule has 0 spiro atoms. The monoisotopic (exact) mass is 331 g/mol. The molecule has 2 aromatic heterocycles. The van der Waals surface area contributed by atoms with Gasteiger partial charge in [0.1, 0.15) is 5.60 Å². The van der Waals surface area contributed by atoms with Crippen LogP contribution in [0.5, 0.6) is 0 Å². The maximum absolute atomic E-state index is 11.7. The van der Waals surface area contributed by atoms with Crippen molar-refractivity contribution in [2.24, 2.45) is 5.92 Å². The molecular weight excluding hydrogens is 306 g/mol. The zero-order chi connectivity index (χ0) is 17.2. The number of piperidine rings is 1. The summed E-state index contributed by atoms with van der Waals surface area (Å²) in [5, 5.41) is 2.87. The number of H-pyrrole nitrogens is 1. The molecule has 7 nitrogen and oxygen atoms in total. The number of amides is 1. The predicted molar refractivity (Wildman–Crippen MR) is 93.1 cm³/mol. The van der Waals surface area contributed by atoms with Gasteiger partial charge < -0.3 is 19.9 Å². The second-order valence-corrected chi connectivity index (χ2v) is 7.25. The van der Waals surface area contributed by atoms with Gasteiger partial charge in [-0.2, -0.15) is 4.98 Å². The number of alkyl carbamates (subject to hydrolysis) is 1. The van der Waals surface area contributed by atoms with Crippen molar-refractivity contribution in [3.05, 3.63) is 18.3 Å². The smallest absolute Gasteiger partial charge is 0.407 e. The summed E-state index contributed by atoms with van der Waals surface area (Å²) < 4.78 is 5.27. The molecule has 1 fully saturated rings. The molecule has 2 aromatic rings. The normalized spacial score (nSPS) is 16.4. The fourth-order valence-electron chi connectivity index (χ4n) is 2.87. The third-order valence-corrected chi connectivity index (χ3v) is 4.09. The van der Waals surface area contributed by atoms with Crippen molar-refractivity contribution in [3.63, 3.8) is 0 Å². The van der Waals surface area contributed by atoms with Crippen LogP contribution in [-0.2, 0) is 4.74 Å². The first-order valence-corrected chi connectivity index (χ1v) is 8.43. The Morgan fingerprint density at radius 3 is 2.83 bits per heavy atom. The van der Waals surface area contributed by atoms with Crippen molar-refractivity contribution >= 4 is 23.2 Å². The Hall–Kier alpha value is -2.31. The summed E-state index contributed by atoms with van der Waals surface area (Å²) in [6.45, 7) is 8.10. The number of imidazole rings is 1. The number of hydrogen-bond donors (Lipinski definition) is 2. The minimum Gasteiger partial charge on any atom is -0.444 e. The van der Waals surface area contributed by atoms with Gasteiger partial charge in [0, 0.05) is 25.8 Å². The Morgan fingerprint density at radius 2 is 2.17 bits per heavy atom. The van der Waals surface area contributed by atoms with Gasteiger partial charge in [-0.15, -0.1) is 0 Å². The Balaban J connectivity index is 1.48. The number of anilines is 1. The molecule has 0 saturated carbocycles. The van der Waals surface area contributed by atoms with Crippen LogP contribution in [0.4, 0.5) is 10.7 Å². The van der Waals surface area contributed by atoms with Gasteiger partial charge in [0.15, 0.2) is 5.65 Å². The molecule has 24 heavy (non-hydrogen) atoms. The highest BCUT2D eigenvalue weighted by Gasteiger charge is 2.23. The summed E-state index contributed by atoms with van der Waals surface area (Å²) in [4.78, 5) is 26.1. The van der Waals surface area contributed by atoms with Crippen LogP contribution in [-0.4, -0.2) is 46.3 Å². The molecule has 1 amide bonds. The molecule has 0 aliphatic carbocycles. The van der Waals surface area contributed by atoms with Crippen LogP contribution >= 0.6 is 0 Å². The fourth-order valence-corrected chi connectivity index (χ4v) is 2.87. The SMILES string of the molecule is CC(C)(C)OC(=O)NCC1CCN(c2nc3ncccc3[nH]2)CC1. The molecule has 7 heteroatoms. The number of pyridine rings is 1. The van der Waals surface area contributed by atoms with Crippen molar-refractivity contribution in [2.75, 3.05) is 24.5 Å². The van der Waals surface area contributed by atoms with E-state index >= 15 is 0 Å². The van der Waals surface area contributed by atoms with Crippen LogP contribution in [0.2, 0.25) is 0 Å². The highest BCUT2D eigenvalue weighted by Crippen LogP contribution is 2.22. The first-order valence-electron chi connectivity index (χ1n) is 8.43. The van der Waals surface area contributed by atoms with Crippen molar-refractivity contribution in [1.82, 2.24) is 20.3 Å². The van der Waals surface area contributed by atoms with Gasteiger partial charge in [-0.3, -0.25) is 0 Å². The highest BCUT2D eigenvalue weighted by molar-refractivity contribution is 5.73. The summed E-state index contributed by atoms with van der Waals surface area (Å²) in [5.41, 5.74) is 1.26. The van der Waals surface area contributed by atoms with E-state index in [2.05, 4.69) is 25.2 Å². The van der Waals surface area contributed by atoms with Gasteiger partial charge in [-0.05, 0) is 51.7 Å². The van der Waals surface area contributed by atoms with Gasteiger partial charge in [0.2, 0.25) is 5.95 Å². The molecule has 0 radical (unpaired) electrons. The molecule has 1 saturated heterocycles. The van der Waals surface area contributed by atoms with Gasteiger partial charge in [-0.25, -0.2) is 9.78 Å².